The van der Waals surface area contributed by atoms with E-state index in [-0.39, 0.29) is 37.5 Å². The molecule has 2 N–H and O–H groups in total. The van der Waals surface area contributed by atoms with Crippen LogP contribution in [0.5, 0.6) is 5.75 Å². The molecule has 4 unspecified atom stereocenters. The third-order valence-electron chi connectivity index (χ3n) is 17.8. The summed E-state index contributed by atoms with van der Waals surface area (Å²) in [7, 11) is -3.16. The molecule has 10 rings (SSSR count). The van der Waals surface area contributed by atoms with E-state index >= 15 is 9.18 Å². The van der Waals surface area contributed by atoms with Gasteiger partial charge in [0.25, 0.3) is 0 Å². The normalized spacial score (nSPS) is 28.4. The Balaban J connectivity index is 1.00. The molecule has 4 aromatic carbocycles. The monoisotopic (exact) mass is 1120 g/mol. The second-order valence-electron chi connectivity index (χ2n) is 25.6. The van der Waals surface area contributed by atoms with Gasteiger partial charge in [0.15, 0.2) is 48.1 Å². The summed E-state index contributed by atoms with van der Waals surface area (Å²) in [6.45, 7) is 17.4. The second kappa shape index (κ2) is 21.3. The van der Waals surface area contributed by atoms with Gasteiger partial charge in [-0.25, -0.2) is 13.8 Å². The number of aliphatic hydroxyl groups excluding tert-OH is 2. The number of carbonyl (C=O) groups excluding carboxylic acids is 3. The zero-order valence-corrected chi connectivity index (χ0v) is 49.0. The van der Waals surface area contributed by atoms with Gasteiger partial charge >= 0.3 is 6.09 Å². The molecular formula is C66H77FN2O11P+. The van der Waals surface area contributed by atoms with Crippen molar-refractivity contribution in [2.24, 2.45) is 22.7 Å². The molecule has 13 nitrogen and oxygen atoms in total. The van der Waals surface area contributed by atoms with Crippen LogP contribution >= 0.6 is 7.37 Å². The Morgan fingerprint density at radius 3 is 2.07 bits per heavy atom. The van der Waals surface area contributed by atoms with E-state index in [1.807, 2.05) is 148 Å². The summed E-state index contributed by atoms with van der Waals surface area (Å²) < 4.78 is 67.4. The molecule has 0 bridgehead atoms. The van der Waals surface area contributed by atoms with Crippen LogP contribution < -0.4 is 9.09 Å². The number of alkyl halides is 1. The van der Waals surface area contributed by atoms with Crippen molar-refractivity contribution in [2.75, 3.05) is 26.5 Å². The van der Waals surface area contributed by atoms with Gasteiger partial charge in [-0.2, -0.15) is 0 Å². The first-order valence-corrected chi connectivity index (χ1v) is 30.7. The lowest BCUT2D eigenvalue weighted by atomic mass is 9.44. The summed E-state index contributed by atoms with van der Waals surface area (Å²) in [5.74, 6) is -1.53. The van der Waals surface area contributed by atoms with Crippen molar-refractivity contribution < 1.29 is 61.6 Å². The van der Waals surface area contributed by atoms with E-state index in [4.69, 9.17) is 23.5 Å². The molecule has 5 aromatic rings. The largest absolute Gasteiger partial charge is 0.444 e. The average molecular weight is 1120 g/mol. The van der Waals surface area contributed by atoms with Crippen LogP contribution in [0.25, 0.3) is 0 Å². The van der Waals surface area contributed by atoms with Crippen molar-refractivity contribution in [3.05, 3.63) is 191 Å². The molecule has 5 aliphatic rings. The van der Waals surface area contributed by atoms with E-state index in [1.165, 1.54) is 30.4 Å². The topological polar surface area (TPSA) is 162 Å². The molecule has 15 heteroatoms. The van der Waals surface area contributed by atoms with Crippen molar-refractivity contribution in [3.8, 4) is 5.75 Å². The number of ketones is 2. The van der Waals surface area contributed by atoms with Gasteiger partial charge in [0.1, 0.15) is 23.6 Å². The number of β-amino-alcohol motifs (C(OH)–C–C–N with tert-alkyl or cyclic N) is 1. The van der Waals surface area contributed by atoms with Crippen LogP contribution in [0.4, 0.5) is 9.18 Å². The molecule has 1 saturated heterocycles. The number of hydrogen-bond donors (Lipinski definition) is 2. The van der Waals surface area contributed by atoms with Crippen molar-refractivity contribution in [1.82, 2.24) is 4.90 Å². The van der Waals surface area contributed by atoms with Gasteiger partial charge in [-0.05, 0) is 133 Å². The number of pyridine rings is 1. The quantitative estimate of drug-likeness (QED) is 0.0583. The Morgan fingerprint density at radius 1 is 0.877 bits per heavy atom. The van der Waals surface area contributed by atoms with Crippen molar-refractivity contribution in [1.29, 1.82) is 0 Å². The number of amides is 1. The Hall–Kier alpha value is -6.12. The van der Waals surface area contributed by atoms with Gasteiger partial charge < -0.3 is 38.6 Å². The van der Waals surface area contributed by atoms with Crippen LogP contribution in [0.15, 0.2) is 158 Å². The van der Waals surface area contributed by atoms with Crippen LogP contribution in [-0.2, 0) is 45.2 Å². The number of benzene rings is 4. The number of carbonyl (C=O) groups is 3. The maximum absolute atomic E-state index is 18.6. The molecule has 3 saturated carbocycles. The molecule has 1 aliphatic heterocycles. The molecule has 4 aliphatic carbocycles. The number of hydrogen-bond acceptors (Lipinski definition) is 11. The molecule has 1 aromatic heterocycles. The van der Waals surface area contributed by atoms with E-state index in [1.54, 1.807) is 52.0 Å². The third kappa shape index (κ3) is 10.4. The highest BCUT2D eigenvalue weighted by Gasteiger charge is 2.79. The number of halogens is 1. The maximum Gasteiger partial charge on any atom is 0.410 e. The Bertz CT molecular complexity index is 3200. The third-order valence-corrected chi connectivity index (χ3v) is 18.5. The van der Waals surface area contributed by atoms with Crippen molar-refractivity contribution >= 4 is 25.0 Å². The molecule has 4 fully saturated rings. The van der Waals surface area contributed by atoms with Crippen LogP contribution in [0, 0.1) is 22.7 Å². The van der Waals surface area contributed by atoms with Gasteiger partial charge in [-0.3, -0.25) is 14.2 Å². The highest BCUT2D eigenvalue weighted by atomic mass is 31.2. The number of nitrogens with zero attached hydrogens (tertiary/aromatic N) is 2. The van der Waals surface area contributed by atoms with Gasteiger partial charge in [0.2, 0.25) is 7.37 Å². The lowest BCUT2D eigenvalue weighted by Crippen LogP contribution is -2.69. The van der Waals surface area contributed by atoms with Crippen molar-refractivity contribution in [3.63, 3.8) is 0 Å². The smallest absolute Gasteiger partial charge is 0.410 e. The first-order valence-electron chi connectivity index (χ1n) is 28.2. The van der Waals surface area contributed by atoms with Crippen LogP contribution in [0.2, 0.25) is 0 Å². The molecule has 0 radical (unpaired) electrons. The summed E-state index contributed by atoms with van der Waals surface area (Å²) in [6.07, 6.45) is 3.92. The Kier molecular flexibility index (Phi) is 15.2. The Labute approximate surface area is 475 Å². The second-order valence-corrected chi connectivity index (χ2v) is 28.3. The van der Waals surface area contributed by atoms with E-state index in [0.29, 0.717) is 35.1 Å². The van der Waals surface area contributed by atoms with E-state index in [0.717, 1.165) is 16.7 Å². The number of ether oxygens (including phenoxy) is 4. The number of aliphatic hydroxyl groups is 2. The Morgan fingerprint density at radius 2 is 1.49 bits per heavy atom. The lowest BCUT2D eigenvalue weighted by molar-refractivity contribution is -0.689. The predicted octanol–water partition coefficient (Wildman–Crippen LogP) is 11.7. The van der Waals surface area contributed by atoms with Crippen LogP contribution in [0.3, 0.4) is 0 Å². The highest BCUT2D eigenvalue weighted by molar-refractivity contribution is 7.57. The summed E-state index contributed by atoms with van der Waals surface area (Å²) in [6, 6.07) is 38.2. The minimum Gasteiger partial charge on any atom is -0.444 e. The maximum atomic E-state index is 18.6. The zero-order chi connectivity index (χ0) is 58.1. The first-order chi connectivity index (χ1) is 38.1. The minimum atomic E-state index is -3.16. The molecule has 1 amide bonds. The summed E-state index contributed by atoms with van der Waals surface area (Å²) in [5.41, 5.74) is -4.34. The molecule has 428 valence electrons. The summed E-state index contributed by atoms with van der Waals surface area (Å²) in [4.78, 5) is 43.7. The minimum absolute atomic E-state index is 0.0818. The number of Topliss-reactive ketones (excluding diaryl/α,β-unsaturated/α-hetero) is 1. The number of fused-ring (bicyclic) bond motifs is 7. The number of rotatable bonds is 15. The van der Waals surface area contributed by atoms with Gasteiger partial charge in [-0.1, -0.05) is 116 Å². The fraction of sp³-hybridized carbons (Fsp3) is 0.455. The fourth-order valence-electron chi connectivity index (χ4n) is 14.1. The first kappa shape index (κ1) is 58.1. The van der Waals surface area contributed by atoms with Crippen molar-refractivity contribution in [2.45, 2.75) is 140 Å². The molecule has 81 heavy (non-hydrogen) atoms. The van der Waals surface area contributed by atoms with Gasteiger partial charge in [-0.15, -0.1) is 0 Å². The SMILES string of the molecule is CC(C)(C)OC(=O)N(CC(O)c1ccc(C[n+]2cccc(C3O[C@@H]4CC5C6CCC7=CC(=O)C=C[C@]7(C)[C@@]6(F)[C@@H](O)C[C@]5(C)[C@]4(C(=O)COC(c4ccccc4)(c4ccccc4)c4ccccc4)O3)c2)c(OP(C)(C)=O)c1)C(C)(C)C. The molecule has 0 spiro atoms. The fourth-order valence-corrected chi connectivity index (χ4v) is 14.7. The van der Waals surface area contributed by atoms with Crippen LogP contribution in [0.1, 0.15) is 127 Å². The summed E-state index contributed by atoms with van der Waals surface area (Å²) in [5, 5.41) is 24.2. The zero-order valence-electron chi connectivity index (χ0n) is 48.1. The lowest BCUT2D eigenvalue weighted by Gasteiger charge is -2.62. The highest BCUT2D eigenvalue weighted by Crippen LogP contribution is 2.72. The van der Waals surface area contributed by atoms with E-state index in [2.05, 4.69) is 0 Å². The van der Waals surface area contributed by atoms with E-state index < -0.39 is 101 Å². The number of aromatic nitrogens is 1. The predicted molar refractivity (Wildman–Crippen MR) is 305 cm³/mol. The molecular weight excluding hydrogens is 1050 g/mol. The van der Waals surface area contributed by atoms with Gasteiger partial charge in [0, 0.05) is 41.7 Å². The number of allylic oxidation sites excluding steroid dienone is 4. The molecule has 10 atom stereocenters. The van der Waals surface area contributed by atoms with E-state index in [9.17, 15) is 24.4 Å². The average Bonchev–Trinajstić information content (AvgIpc) is 3.67. The van der Waals surface area contributed by atoms with Gasteiger partial charge in [0.05, 0.1) is 36.0 Å². The van der Waals surface area contributed by atoms with Crippen LogP contribution in [-0.4, -0.2) is 93.9 Å². The molecule has 2 heterocycles. The summed E-state index contributed by atoms with van der Waals surface area (Å²) >= 11 is 0. The standard InChI is InChI=1S/C66H77FN2O11P/c1-60(2,3)69(59(74)79-61(4,5)6)41-53(71)43-28-29-44(54(35-43)80-81(9,10)75)39-68-34-20-21-45(40-68)58-77-57-37-52-51-31-30-49-36-50(70)32-33-62(49,7)65(51,67)55(72)38-63(52,8)66(57,78-58)56(73)42-76-64(46-22-14-11-15-23-46,47-24-16-12-17-25-47)48-26-18-13-19-27-48/h11-29,32-36,40,51-53,55,57-58,71-72H,30-31,37-39,41-42H2,1-10H3/q+1/t51?,52?,53?,55-,57+,58?,62-,63-,65-,66+/m0/s1.